The first-order chi connectivity index (χ1) is 13.1. The predicted molar refractivity (Wildman–Crippen MR) is 106 cm³/mol. The third-order valence-electron chi connectivity index (χ3n) is 4.27. The van der Waals surface area contributed by atoms with Crippen LogP contribution in [0.1, 0.15) is 11.1 Å². The number of benzene rings is 2. The maximum absolute atomic E-state index is 12.2. The molecule has 3 N–H and O–H groups in total. The van der Waals surface area contributed by atoms with Gasteiger partial charge in [0.1, 0.15) is 12.7 Å². The van der Waals surface area contributed by atoms with Gasteiger partial charge in [-0.25, -0.2) is 0 Å². The summed E-state index contributed by atoms with van der Waals surface area (Å²) in [4.78, 5) is 15.1. The van der Waals surface area contributed by atoms with Gasteiger partial charge in [0.15, 0.2) is 11.5 Å². The average Bonchev–Trinajstić information content (AvgIpc) is 2.67. The summed E-state index contributed by atoms with van der Waals surface area (Å²) in [6, 6.07) is 15.1. The standard InChI is InChI=1S/C21H24N2O4/c1-14-7-8-15-10-16(21(25)23-18(15)9-14)11-22-12-17(24)13-27-20-6-4-3-5-19(20)26-2/h3-10,17,22,24H,11-13H2,1-2H3,(H,23,25)/t17-/m1/s1. The van der Waals surface area contributed by atoms with Crippen LogP contribution in [0.2, 0.25) is 0 Å². The van der Waals surface area contributed by atoms with Crippen molar-refractivity contribution in [3.05, 3.63) is 70.0 Å². The molecule has 0 aliphatic carbocycles. The summed E-state index contributed by atoms with van der Waals surface area (Å²) in [6.07, 6.45) is -0.711. The highest BCUT2D eigenvalue weighted by molar-refractivity contribution is 5.79. The Balaban J connectivity index is 1.53. The van der Waals surface area contributed by atoms with E-state index < -0.39 is 6.10 Å². The quantitative estimate of drug-likeness (QED) is 0.569. The number of fused-ring (bicyclic) bond motifs is 1. The van der Waals surface area contributed by atoms with Crippen molar-refractivity contribution in [1.29, 1.82) is 0 Å². The zero-order valence-electron chi connectivity index (χ0n) is 15.5. The van der Waals surface area contributed by atoms with Gasteiger partial charge in [-0.2, -0.15) is 0 Å². The minimum absolute atomic E-state index is 0.125. The number of aliphatic hydroxyl groups excluding tert-OH is 1. The number of rotatable bonds is 8. The molecule has 2 aromatic carbocycles. The van der Waals surface area contributed by atoms with Crippen LogP contribution in [0.4, 0.5) is 0 Å². The van der Waals surface area contributed by atoms with Crippen molar-refractivity contribution in [3.8, 4) is 11.5 Å². The van der Waals surface area contributed by atoms with Crippen molar-refractivity contribution < 1.29 is 14.6 Å². The Bertz CT molecular complexity index is 968. The van der Waals surface area contributed by atoms with E-state index in [-0.39, 0.29) is 12.2 Å². The molecule has 0 aliphatic heterocycles. The van der Waals surface area contributed by atoms with Crippen LogP contribution >= 0.6 is 0 Å². The third kappa shape index (κ3) is 4.87. The Labute approximate surface area is 157 Å². The van der Waals surface area contributed by atoms with Crippen LogP contribution in [-0.4, -0.2) is 36.5 Å². The van der Waals surface area contributed by atoms with E-state index in [4.69, 9.17) is 9.47 Å². The van der Waals surface area contributed by atoms with Gasteiger partial charge in [0.2, 0.25) is 0 Å². The van der Waals surface area contributed by atoms with Crippen LogP contribution in [0.5, 0.6) is 11.5 Å². The first-order valence-corrected chi connectivity index (χ1v) is 8.84. The van der Waals surface area contributed by atoms with Gasteiger partial charge in [-0.05, 0) is 42.1 Å². The molecule has 6 nitrogen and oxygen atoms in total. The fourth-order valence-corrected chi connectivity index (χ4v) is 2.85. The maximum Gasteiger partial charge on any atom is 0.252 e. The highest BCUT2D eigenvalue weighted by Gasteiger charge is 2.09. The van der Waals surface area contributed by atoms with E-state index >= 15 is 0 Å². The van der Waals surface area contributed by atoms with Crippen LogP contribution in [0.15, 0.2) is 53.3 Å². The number of methoxy groups -OCH3 is 1. The fraction of sp³-hybridized carbons (Fsp3) is 0.286. The summed E-state index contributed by atoms with van der Waals surface area (Å²) < 4.78 is 10.8. The molecule has 6 heteroatoms. The average molecular weight is 368 g/mol. The van der Waals surface area contributed by atoms with Gasteiger partial charge in [-0.1, -0.05) is 24.3 Å². The van der Waals surface area contributed by atoms with Crippen LogP contribution in [0.3, 0.4) is 0 Å². The summed E-state index contributed by atoms with van der Waals surface area (Å²) in [6.45, 7) is 2.79. The molecule has 0 bridgehead atoms. The number of H-pyrrole nitrogens is 1. The van der Waals surface area contributed by atoms with Crippen molar-refractivity contribution in [2.24, 2.45) is 0 Å². The van der Waals surface area contributed by atoms with Crippen molar-refractivity contribution >= 4 is 10.9 Å². The second-order valence-electron chi connectivity index (χ2n) is 6.46. The second kappa shape index (κ2) is 8.70. The molecule has 0 spiro atoms. The highest BCUT2D eigenvalue weighted by Crippen LogP contribution is 2.25. The van der Waals surface area contributed by atoms with Gasteiger partial charge in [0, 0.05) is 24.2 Å². The molecular weight excluding hydrogens is 344 g/mol. The Kier molecular flexibility index (Phi) is 6.11. The molecule has 1 atom stereocenters. The van der Waals surface area contributed by atoms with E-state index in [9.17, 15) is 9.90 Å². The third-order valence-corrected chi connectivity index (χ3v) is 4.27. The number of hydrogen-bond acceptors (Lipinski definition) is 5. The molecule has 0 saturated carbocycles. The van der Waals surface area contributed by atoms with Crippen LogP contribution in [0, 0.1) is 6.92 Å². The lowest BCUT2D eigenvalue weighted by molar-refractivity contribution is 0.104. The van der Waals surface area contributed by atoms with Crippen molar-refractivity contribution in [1.82, 2.24) is 10.3 Å². The van der Waals surface area contributed by atoms with Gasteiger partial charge < -0.3 is 24.9 Å². The molecule has 1 heterocycles. The lowest BCUT2D eigenvalue weighted by Gasteiger charge is -2.15. The van der Waals surface area contributed by atoms with E-state index in [0.29, 0.717) is 30.2 Å². The number of para-hydroxylation sites is 2. The molecule has 3 rings (SSSR count). The number of aromatic amines is 1. The van der Waals surface area contributed by atoms with Gasteiger partial charge in [-0.15, -0.1) is 0 Å². The molecule has 142 valence electrons. The number of aliphatic hydroxyl groups is 1. The van der Waals surface area contributed by atoms with Crippen molar-refractivity contribution in [2.45, 2.75) is 19.6 Å². The minimum Gasteiger partial charge on any atom is -0.493 e. The van der Waals surface area contributed by atoms with E-state index in [2.05, 4.69) is 10.3 Å². The van der Waals surface area contributed by atoms with Crippen LogP contribution < -0.4 is 20.3 Å². The van der Waals surface area contributed by atoms with Crippen LogP contribution in [0.25, 0.3) is 10.9 Å². The zero-order chi connectivity index (χ0) is 19.2. The fourth-order valence-electron chi connectivity index (χ4n) is 2.85. The molecule has 0 aliphatic rings. The van der Waals surface area contributed by atoms with Crippen molar-refractivity contribution in [3.63, 3.8) is 0 Å². The molecule has 0 amide bonds. The maximum atomic E-state index is 12.2. The summed E-state index contributed by atoms with van der Waals surface area (Å²) in [5.41, 5.74) is 2.43. The predicted octanol–water partition coefficient (Wildman–Crippen LogP) is 2.37. The number of ether oxygens (including phenoxy) is 2. The summed E-state index contributed by atoms with van der Waals surface area (Å²) in [5, 5.41) is 14.2. The molecule has 0 radical (unpaired) electrons. The molecular formula is C21H24N2O4. The molecule has 3 aromatic rings. The van der Waals surface area contributed by atoms with Gasteiger partial charge in [0.05, 0.1) is 7.11 Å². The number of aryl methyl sites for hydroxylation is 1. The topological polar surface area (TPSA) is 83.6 Å². The number of aromatic nitrogens is 1. The number of pyridine rings is 1. The van der Waals surface area contributed by atoms with Gasteiger partial charge in [0.25, 0.3) is 5.56 Å². The Morgan fingerprint density at radius 3 is 2.70 bits per heavy atom. The zero-order valence-corrected chi connectivity index (χ0v) is 15.5. The molecule has 0 fully saturated rings. The lowest BCUT2D eigenvalue weighted by atomic mass is 10.1. The Hall–Kier alpha value is -2.83. The lowest BCUT2D eigenvalue weighted by Crippen LogP contribution is -2.32. The smallest absolute Gasteiger partial charge is 0.252 e. The SMILES string of the molecule is COc1ccccc1OC[C@H](O)CNCc1cc2ccc(C)cc2[nH]c1=O. The Morgan fingerprint density at radius 1 is 1.15 bits per heavy atom. The molecule has 1 aromatic heterocycles. The highest BCUT2D eigenvalue weighted by atomic mass is 16.5. The van der Waals surface area contributed by atoms with Gasteiger partial charge >= 0.3 is 0 Å². The number of nitrogens with one attached hydrogen (secondary N) is 2. The van der Waals surface area contributed by atoms with Crippen LogP contribution in [-0.2, 0) is 6.54 Å². The monoisotopic (exact) mass is 368 g/mol. The summed E-state index contributed by atoms with van der Waals surface area (Å²) >= 11 is 0. The van der Waals surface area contributed by atoms with E-state index in [0.717, 1.165) is 16.5 Å². The molecule has 0 unspecified atom stereocenters. The Morgan fingerprint density at radius 2 is 1.93 bits per heavy atom. The molecule has 0 saturated heterocycles. The van der Waals surface area contributed by atoms with Gasteiger partial charge in [-0.3, -0.25) is 4.79 Å². The van der Waals surface area contributed by atoms with E-state index in [1.807, 2.05) is 43.3 Å². The number of hydrogen-bond donors (Lipinski definition) is 3. The van der Waals surface area contributed by atoms with E-state index in [1.165, 1.54) is 0 Å². The van der Waals surface area contributed by atoms with E-state index in [1.54, 1.807) is 19.2 Å². The largest absolute Gasteiger partial charge is 0.493 e. The first kappa shape index (κ1) is 18.9. The summed E-state index contributed by atoms with van der Waals surface area (Å²) in [5.74, 6) is 1.20. The minimum atomic E-state index is -0.711. The normalized spacial score (nSPS) is 12.1. The molecule has 27 heavy (non-hydrogen) atoms. The second-order valence-corrected chi connectivity index (χ2v) is 6.46. The first-order valence-electron chi connectivity index (χ1n) is 8.84. The van der Waals surface area contributed by atoms with Crippen molar-refractivity contribution in [2.75, 3.05) is 20.3 Å². The summed E-state index contributed by atoms with van der Waals surface area (Å²) in [7, 11) is 1.57.